The van der Waals surface area contributed by atoms with E-state index in [1.54, 1.807) is 38.5 Å². The molecule has 1 atom stereocenters. The van der Waals surface area contributed by atoms with Crippen LogP contribution in [-0.4, -0.2) is 62.3 Å². The minimum atomic E-state index is -0.597. The van der Waals surface area contributed by atoms with Crippen molar-refractivity contribution in [3.05, 3.63) is 69.8 Å². The highest BCUT2D eigenvalue weighted by atomic mass is 19.1. The Hall–Kier alpha value is -4.05. The first-order valence-electron chi connectivity index (χ1n) is 12.8. The van der Waals surface area contributed by atoms with Gasteiger partial charge >= 0.3 is 0 Å². The van der Waals surface area contributed by atoms with Crippen LogP contribution < -0.4 is 21.9 Å². The van der Waals surface area contributed by atoms with E-state index in [0.29, 0.717) is 51.3 Å². The number of anilines is 1. The molecule has 1 aliphatic carbocycles. The van der Waals surface area contributed by atoms with Gasteiger partial charge in [0.1, 0.15) is 11.9 Å². The van der Waals surface area contributed by atoms with Gasteiger partial charge in [-0.25, -0.2) is 9.37 Å². The summed E-state index contributed by atoms with van der Waals surface area (Å²) in [4.78, 5) is 27.3. The fourth-order valence-electron chi connectivity index (χ4n) is 4.20. The maximum atomic E-state index is 14.3. The molecule has 4 rings (SSSR count). The van der Waals surface area contributed by atoms with Gasteiger partial charge < -0.3 is 26.8 Å². The van der Waals surface area contributed by atoms with Crippen molar-refractivity contribution in [1.29, 1.82) is 0 Å². The van der Waals surface area contributed by atoms with Crippen LogP contribution in [0.1, 0.15) is 55.4 Å². The number of halogens is 1. The highest BCUT2D eigenvalue weighted by Gasteiger charge is 2.25. The second kappa shape index (κ2) is 13.1. The number of nitrogens with two attached hydrogens (primary N) is 3. The molecule has 2 aliphatic rings. The summed E-state index contributed by atoms with van der Waals surface area (Å²) in [6.07, 6.45) is 6.37. The third-order valence-corrected chi connectivity index (χ3v) is 6.35. The Labute approximate surface area is 229 Å². The van der Waals surface area contributed by atoms with Gasteiger partial charge in [0, 0.05) is 53.8 Å². The first kappa shape index (κ1) is 29.5. The van der Waals surface area contributed by atoms with Crippen molar-refractivity contribution in [1.82, 2.24) is 9.88 Å². The van der Waals surface area contributed by atoms with Crippen molar-refractivity contribution in [2.24, 2.45) is 21.5 Å². The number of hydrogen-bond acceptors (Lipinski definition) is 9. The quantitative estimate of drug-likeness (QED) is 0.309. The van der Waals surface area contributed by atoms with E-state index in [0.717, 1.165) is 19.3 Å². The number of fused-ring (bicyclic) bond motifs is 3. The summed E-state index contributed by atoms with van der Waals surface area (Å²) in [5.74, 6) is 0.0641. The molecule has 208 valence electrons. The van der Waals surface area contributed by atoms with E-state index in [-0.39, 0.29) is 24.0 Å². The number of nitrogens with zero attached hydrogens (tertiary/aromatic N) is 4. The van der Waals surface area contributed by atoms with E-state index in [1.807, 2.05) is 26.0 Å². The van der Waals surface area contributed by atoms with Crippen LogP contribution in [0.3, 0.4) is 0 Å². The van der Waals surface area contributed by atoms with Gasteiger partial charge in [-0.2, -0.15) is 0 Å². The van der Waals surface area contributed by atoms with Crippen LogP contribution in [0.15, 0.2) is 57.3 Å². The van der Waals surface area contributed by atoms with Crippen molar-refractivity contribution in [3.63, 3.8) is 0 Å². The zero-order valence-corrected chi connectivity index (χ0v) is 23.2. The largest absolute Gasteiger partial charge is 0.482 e. The summed E-state index contributed by atoms with van der Waals surface area (Å²) in [5.41, 5.74) is 22.8. The lowest BCUT2D eigenvalue weighted by Gasteiger charge is -2.26. The van der Waals surface area contributed by atoms with Crippen LogP contribution in [-0.2, 0) is 4.79 Å². The first-order chi connectivity index (χ1) is 18.5. The predicted molar refractivity (Wildman–Crippen MR) is 155 cm³/mol. The Morgan fingerprint density at radius 3 is 2.49 bits per heavy atom. The van der Waals surface area contributed by atoms with E-state index in [2.05, 4.69) is 9.98 Å². The number of nitrogen functional groups attached to an aromatic ring is 1. The van der Waals surface area contributed by atoms with Gasteiger partial charge in [0.15, 0.2) is 17.9 Å². The average molecular weight is 536 g/mol. The Morgan fingerprint density at radius 1 is 1.21 bits per heavy atom. The smallest absolute Gasteiger partial charge is 0.166 e. The number of carbonyl (C=O) groups is 1. The molecule has 39 heavy (non-hydrogen) atoms. The summed E-state index contributed by atoms with van der Waals surface area (Å²) >= 11 is 0. The molecule has 0 spiro atoms. The van der Waals surface area contributed by atoms with E-state index in [1.165, 1.54) is 12.1 Å². The third kappa shape index (κ3) is 7.29. The van der Waals surface area contributed by atoms with E-state index in [9.17, 15) is 9.18 Å². The van der Waals surface area contributed by atoms with Crippen LogP contribution in [0.5, 0.6) is 5.75 Å². The topological polar surface area (TPSA) is 145 Å². The van der Waals surface area contributed by atoms with Crippen LogP contribution >= 0.6 is 0 Å². The van der Waals surface area contributed by atoms with Crippen LogP contribution in [0.2, 0.25) is 0 Å². The Balaban J connectivity index is 0.000000983. The monoisotopic (exact) mass is 535 g/mol. The van der Waals surface area contributed by atoms with Crippen molar-refractivity contribution in [2.75, 3.05) is 33.9 Å². The molecule has 6 N–H and O–H groups in total. The number of aliphatic imine (C=N–C) groups is 2. The van der Waals surface area contributed by atoms with Gasteiger partial charge in [-0.1, -0.05) is 0 Å². The van der Waals surface area contributed by atoms with Gasteiger partial charge in [0.05, 0.1) is 17.5 Å². The minimum Gasteiger partial charge on any atom is -0.482 e. The number of aldehydes is 1. The Bertz CT molecular complexity index is 1320. The van der Waals surface area contributed by atoms with E-state index < -0.39 is 11.9 Å². The molecule has 9 nitrogen and oxygen atoms in total. The molecular weight excluding hydrogens is 497 g/mol. The average Bonchev–Trinajstić information content (AvgIpc) is 2.86. The minimum absolute atomic E-state index is 0.0296. The summed E-state index contributed by atoms with van der Waals surface area (Å²) in [5, 5.41) is 0. The van der Waals surface area contributed by atoms with Gasteiger partial charge in [-0.05, 0) is 77.2 Å². The third-order valence-electron chi connectivity index (χ3n) is 6.35. The number of carbonyl (C=O) groups excluding carboxylic acids is 1. The SMILES string of the molecule is CN(C)C.CN=C/C1=C(\N)c2ccc(F)cc2[C@@H](C)Oc2cc(cnc2N)C(=NC2CCC2)/C(=C(\N)C=O)C1. The number of allylic oxidation sites excluding steroid dienone is 3. The second-order valence-electron chi connectivity index (χ2n) is 10.1. The predicted octanol–water partition coefficient (Wildman–Crippen LogP) is 3.65. The molecule has 1 aromatic heterocycles. The van der Waals surface area contributed by atoms with Crippen molar-refractivity contribution in [3.8, 4) is 5.75 Å². The van der Waals surface area contributed by atoms with E-state index in [4.69, 9.17) is 26.9 Å². The molecule has 0 radical (unpaired) electrons. The van der Waals surface area contributed by atoms with E-state index >= 15 is 0 Å². The molecule has 0 amide bonds. The van der Waals surface area contributed by atoms with Gasteiger partial charge in [0.2, 0.25) is 0 Å². The molecule has 1 fully saturated rings. The van der Waals surface area contributed by atoms with Crippen LogP contribution in [0.4, 0.5) is 10.2 Å². The maximum absolute atomic E-state index is 14.3. The van der Waals surface area contributed by atoms with Crippen LogP contribution in [0, 0.1) is 5.82 Å². The summed E-state index contributed by atoms with van der Waals surface area (Å²) < 4.78 is 20.4. The summed E-state index contributed by atoms with van der Waals surface area (Å²) in [6, 6.07) is 6.16. The highest BCUT2D eigenvalue weighted by molar-refractivity contribution is 6.16. The number of hydrogen-bond donors (Lipinski definition) is 3. The second-order valence-corrected chi connectivity index (χ2v) is 10.1. The molecule has 1 aromatic carbocycles. The lowest BCUT2D eigenvalue weighted by molar-refractivity contribution is -0.105. The van der Waals surface area contributed by atoms with Crippen molar-refractivity contribution >= 4 is 29.7 Å². The van der Waals surface area contributed by atoms with Crippen molar-refractivity contribution in [2.45, 2.75) is 44.8 Å². The summed E-state index contributed by atoms with van der Waals surface area (Å²) in [6.45, 7) is 1.79. The number of ether oxygens (including phenoxy) is 1. The Kier molecular flexibility index (Phi) is 9.95. The zero-order valence-electron chi connectivity index (χ0n) is 23.2. The molecule has 2 heterocycles. The Morgan fingerprint density at radius 2 is 1.90 bits per heavy atom. The molecular formula is C29H38FN7O2. The fraction of sp³-hybridized carbons (Fsp3) is 0.379. The standard InChI is InChI=1S/C26H29FN6O2.C3H9N/c1-14-20-10-17(27)6-7-19(20)24(29)15(11-31-2)8-21(22(28)13-34)25(33-18-4-3-5-18)16-9-23(35-14)26(30)32-12-16;1-4(2)3/h6-7,9-14,18H,3-5,8,28-29H2,1-2H3,(H2,30,32);1-3H3/b22-21-,24-15-,31-11?,33-25?;/t14-;/m1./s1. The van der Waals surface area contributed by atoms with Gasteiger partial charge in [0.25, 0.3) is 0 Å². The molecule has 0 unspecified atom stereocenters. The normalized spacial score (nSPS) is 22.1. The molecule has 2 aromatic rings. The molecule has 0 saturated heterocycles. The number of aromatic nitrogens is 1. The lowest BCUT2D eigenvalue weighted by atomic mass is 9.89. The number of benzene rings is 1. The number of rotatable bonds is 3. The molecule has 1 aliphatic heterocycles. The zero-order chi connectivity index (χ0) is 28.7. The van der Waals surface area contributed by atoms with Crippen LogP contribution in [0.25, 0.3) is 5.70 Å². The lowest BCUT2D eigenvalue weighted by Crippen LogP contribution is -2.23. The van der Waals surface area contributed by atoms with Crippen molar-refractivity contribution < 1.29 is 13.9 Å². The maximum Gasteiger partial charge on any atom is 0.166 e. The summed E-state index contributed by atoms with van der Waals surface area (Å²) in [7, 11) is 7.62. The molecule has 10 heteroatoms. The highest BCUT2D eigenvalue weighted by Crippen LogP contribution is 2.35. The van der Waals surface area contributed by atoms with Gasteiger partial charge in [-0.3, -0.25) is 14.8 Å². The first-order valence-corrected chi connectivity index (χ1v) is 12.8. The number of pyridine rings is 1. The van der Waals surface area contributed by atoms with Gasteiger partial charge in [-0.15, -0.1) is 0 Å². The molecule has 1 saturated carbocycles. The molecule has 2 bridgehead atoms. The fourth-order valence-corrected chi connectivity index (χ4v) is 4.20.